The predicted octanol–water partition coefficient (Wildman–Crippen LogP) is 3.18. The Morgan fingerprint density at radius 3 is 2.33 bits per heavy atom. The van der Waals surface area contributed by atoms with Gasteiger partial charge in [-0.25, -0.2) is 0 Å². The first-order chi connectivity index (χ1) is 8.68. The van der Waals surface area contributed by atoms with E-state index in [1.54, 1.807) is 0 Å². The van der Waals surface area contributed by atoms with E-state index in [0.29, 0.717) is 6.42 Å². The molecule has 3 heteroatoms. The van der Waals surface area contributed by atoms with E-state index in [4.69, 9.17) is 0 Å². The van der Waals surface area contributed by atoms with Gasteiger partial charge in [0.2, 0.25) is 11.8 Å². The van der Waals surface area contributed by atoms with E-state index in [1.165, 1.54) is 32.1 Å². The van der Waals surface area contributed by atoms with Gasteiger partial charge in [0.25, 0.3) is 0 Å². The topological polar surface area (TPSA) is 46.2 Å². The van der Waals surface area contributed by atoms with E-state index in [-0.39, 0.29) is 23.1 Å². The van der Waals surface area contributed by atoms with Crippen LogP contribution in [-0.2, 0) is 9.59 Å². The quantitative estimate of drug-likeness (QED) is 0.766. The molecule has 1 aliphatic carbocycles. The molecule has 0 aromatic rings. The van der Waals surface area contributed by atoms with Crippen molar-refractivity contribution in [2.45, 2.75) is 71.1 Å². The van der Waals surface area contributed by atoms with Crippen LogP contribution in [0.5, 0.6) is 0 Å². The fraction of sp³-hybridized carbons (Fsp3) is 0.867. The number of piperidine rings is 1. The van der Waals surface area contributed by atoms with Gasteiger partial charge in [0.15, 0.2) is 0 Å². The summed E-state index contributed by atoms with van der Waals surface area (Å²) >= 11 is 0. The lowest BCUT2D eigenvalue weighted by Crippen LogP contribution is -2.52. The van der Waals surface area contributed by atoms with E-state index >= 15 is 0 Å². The Morgan fingerprint density at radius 1 is 1.11 bits per heavy atom. The van der Waals surface area contributed by atoms with Crippen LogP contribution < -0.4 is 5.32 Å². The van der Waals surface area contributed by atoms with Crippen molar-refractivity contribution >= 4 is 11.8 Å². The molecule has 2 aliphatic rings. The maximum atomic E-state index is 12.1. The molecule has 1 atom stereocenters. The summed E-state index contributed by atoms with van der Waals surface area (Å²) in [5, 5.41) is 2.54. The first-order valence-electron chi connectivity index (χ1n) is 7.52. The largest absolute Gasteiger partial charge is 0.296 e. The third-order valence-electron chi connectivity index (χ3n) is 4.76. The zero-order valence-corrected chi connectivity index (χ0v) is 11.5. The Labute approximate surface area is 110 Å². The second-order valence-electron chi connectivity index (χ2n) is 6.06. The Bertz CT molecular complexity index is 316. The van der Waals surface area contributed by atoms with Gasteiger partial charge in [-0.15, -0.1) is 0 Å². The number of carbonyl (C=O) groups is 2. The molecule has 1 heterocycles. The molecule has 1 aliphatic heterocycles. The zero-order chi connectivity index (χ0) is 13.0. The minimum atomic E-state index is -0.0482. The maximum absolute atomic E-state index is 12.1. The first-order valence-corrected chi connectivity index (χ1v) is 7.52. The molecule has 3 nitrogen and oxygen atoms in total. The van der Waals surface area contributed by atoms with E-state index in [9.17, 15) is 9.59 Å². The summed E-state index contributed by atoms with van der Waals surface area (Å²) < 4.78 is 0. The monoisotopic (exact) mass is 251 g/mol. The van der Waals surface area contributed by atoms with Crippen molar-refractivity contribution in [3.05, 3.63) is 0 Å². The van der Waals surface area contributed by atoms with Gasteiger partial charge >= 0.3 is 0 Å². The molecule has 102 valence electrons. The van der Waals surface area contributed by atoms with Crippen LogP contribution in [0.15, 0.2) is 0 Å². The van der Waals surface area contributed by atoms with Crippen LogP contribution in [0.3, 0.4) is 0 Å². The number of hydrogen-bond acceptors (Lipinski definition) is 2. The summed E-state index contributed by atoms with van der Waals surface area (Å²) in [5.74, 6) is 0.0138. The third-order valence-corrected chi connectivity index (χ3v) is 4.76. The Morgan fingerprint density at radius 2 is 1.72 bits per heavy atom. The minimum Gasteiger partial charge on any atom is -0.296 e. The van der Waals surface area contributed by atoms with Gasteiger partial charge in [-0.3, -0.25) is 14.9 Å². The molecular weight excluding hydrogens is 226 g/mol. The smallest absolute Gasteiger partial charge is 0.230 e. The van der Waals surface area contributed by atoms with Crippen molar-refractivity contribution in [3.8, 4) is 0 Å². The van der Waals surface area contributed by atoms with Gasteiger partial charge in [-0.05, 0) is 24.7 Å². The van der Waals surface area contributed by atoms with Crippen LogP contribution in [0.4, 0.5) is 0 Å². The summed E-state index contributed by atoms with van der Waals surface area (Å²) in [4.78, 5) is 23.9. The van der Waals surface area contributed by atoms with Crippen LogP contribution in [0.2, 0.25) is 0 Å². The van der Waals surface area contributed by atoms with E-state index in [2.05, 4.69) is 12.2 Å². The number of rotatable bonds is 2. The van der Waals surface area contributed by atoms with Crippen molar-refractivity contribution in [2.24, 2.45) is 11.3 Å². The lowest BCUT2D eigenvalue weighted by molar-refractivity contribution is -0.145. The number of carbonyl (C=O) groups excluding carboxylic acids is 2. The van der Waals surface area contributed by atoms with Crippen molar-refractivity contribution in [2.75, 3.05) is 0 Å². The number of imide groups is 1. The summed E-state index contributed by atoms with van der Waals surface area (Å²) in [7, 11) is 0. The molecular formula is C15H25NO2. The van der Waals surface area contributed by atoms with Gasteiger partial charge in [0, 0.05) is 12.3 Å². The molecule has 2 rings (SSSR count). The highest BCUT2D eigenvalue weighted by molar-refractivity contribution is 5.99. The van der Waals surface area contributed by atoms with Crippen molar-refractivity contribution < 1.29 is 9.59 Å². The molecule has 1 spiro atoms. The molecule has 0 aromatic carbocycles. The molecule has 1 saturated carbocycles. The van der Waals surface area contributed by atoms with Crippen LogP contribution in [0.25, 0.3) is 0 Å². The van der Waals surface area contributed by atoms with E-state index in [1.807, 2.05) is 0 Å². The zero-order valence-electron chi connectivity index (χ0n) is 11.5. The average molecular weight is 251 g/mol. The minimum absolute atomic E-state index is 0.00586. The average Bonchev–Trinajstić information content (AvgIpc) is 2.28. The first kappa shape index (κ1) is 13.6. The lowest BCUT2D eigenvalue weighted by Gasteiger charge is -2.44. The molecule has 2 fully saturated rings. The van der Waals surface area contributed by atoms with Crippen LogP contribution in [0, 0.1) is 11.3 Å². The van der Waals surface area contributed by atoms with Crippen LogP contribution in [0.1, 0.15) is 71.1 Å². The summed E-state index contributed by atoms with van der Waals surface area (Å²) in [6.45, 7) is 2.13. The number of amides is 2. The Hall–Kier alpha value is -0.860. The van der Waals surface area contributed by atoms with Crippen molar-refractivity contribution in [1.29, 1.82) is 0 Å². The molecule has 1 unspecified atom stereocenters. The highest BCUT2D eigenvalue weighted by atomic mass is 16.2. The number of nitrogens with one attached hydrogen (secondary N) is 1. The van der Waals surface area contributed by atoms with Gasteiger partial charge in [0.05, 0.1) is 0 Å². The normalized spacial score (nSPS) is 28.6. The molecule has 1 saturated heterocycles. The third kappa shape index (κ3) is 2.76. The SMILES string of the molecule is CCCC1C(=O)NC(=O)CC12CCCCCCC2. The standard InChI is InChI=1S/C15H25NO2/c1-2-8-12-14(18)16-13(17)11-15(12)9-6-4-3-5-7-10-15/h12H,2-11H2,1H3,(H,16,17,18). The van der Waals surface area contributed by atoms with E-state index < -0.39 is 0 Å². The second kappa shape index (κ2) is 5.85. The fourth-order valence-electron chi connectivity index (χ4n) is 3.85. The molecule has 0 bridgehead atoms. The van der Waals surface area contributed by atoms with Gasteiger partial charge < -0.3 is 0 Å². The van der Waals surface area contributed by atoms with Crippen molar-refractivity contribution in [1.82, 2.24) is 5.32 Å². The van der Waals surface area contributed by atoms with Gasteiger partial charge in [-0.2, -0.15) is 0 Å². The Balaban J connectivity index is 2.21. The highest BCUT2D eigenvalue weighted by Gasteiger charge is 2.46. The Kier molecular flexibility index (Phi) is 4.41. The summed E-state index contributed by atoms with van der Waals surface area (Å²) in [6.07, 6.45) is 10.9. The maximum Gasteiger partial charge on any atom is 0.230 e. The second-order valence-corrected chi connectivity index (χ2v) is 6.06. The predicted molar refractivity (Wildman–Crippen MR) is 70.9 cm³/mol. The summed E-state index contributed by atoms with van der Waals surface area (Å²) in [6, 6.07) is 0. The van der Waals surface area contributed by atoms with Crippen molar-refractivity contribution in [3.63, 3.8) is 0 Å². The molecule has 0 aromatic heterocycles. The lowest BCUT2D eigenvalue weighted by atomic mass is 9.62. The fourth-order valence-corrected chi connectivity index (χ4v) is 3.85. The van der Waals surface area contributed by atoms with Crippen LogP contribution in [-0.4, -0.2) is 11.8 Å². The summed E-state index contributed by atoms with van der Waals surface area (Å²) in [5.41, 5.74) is -0.0180. The highest BCUT2D eigenvalue weighted by Crippen LogP contribution is 2.47. The number of hydrogen-bond donors (Lipinski definition) is 1. The molecule has 1 N–H and O–H groups in total. The van der Waals surface area contributed by atoms with Gasteiger partial charge in [-0.1, -0.05) is 45.4 Å². The van der Waals surface area contributed by atoms with E-state index in [0.717, 1.165) is 25.7 Å². The molecule has 2 amide bonds. The molecule has 0 radical (unpaired) electrons. The van der Waals surface area contributed by atoms with Gasteiger partial charge in [0.1, 0.15) is 0 Å². The molecule has 18 heavy (non-hydrogen) atoms. The van der Waals surface area contributed by atoms with Crippen LogP contribution >= 0.6 is 0 Å².